The lowest BCUT2D eigenvalue weighted by molar-refractivity contribution is 0.148. The molecule has 0 aromatic heterocycles. The maximum Gasteiger partial charge on any atom is 0.179 e. The van der Waals surface area contributed by atoms with Gasteiger partial charge in [0.25, 0.3) is 0 Å². The quantitative estimate of drug-likeness (QED) is 0.774. The van der Waals surface area contributed by atoms with Crippen molar-refractivity contribution in [1.82, 2.24) is 0 Å². The number of aliphatic hydroxyl groups is 1. The predicted octanol–water partition coefficient (Wildman–Crippen LogP) is 0.998. The second-order valence-electron chi connectivity index (χ2n) is 4.39. The Morgan fingerprint density at radius 1 is 1.27 bits per heavy atom. The highest BCUT2D eigenvalue weighted by molar-refractivity contribution is 7.91. The normalized spacial score (nSPS) is 24.9. The number of aryl methyl sites for hydroxylation is 1. The molecule has 1 heterocycles. The number of sulfone groups is 1. The van der Waals surface area contributed by atoms with Gasteiger partial charge in [-0.15, -0.1) is 0 Å². The average molecular weight is 224 g/mol. The van der Waals surface area contributed by atoms with Gasteiger partial charge in [-0.2, -0.15) is 0 Å². The number of fused-ring (bicyclic) bond motifs is 1. The molecular weight excluding hydrogens is 212 g/mol. The van der Waals surface area contributed by atoms with Gasteiger partial charge in [-0.05, 0) is 24.8 Å². The molecule has 0 bridgehead atoms. The van der Waals surface area contributed by atoms with Crippen molar-refractivity contribution in [1.29, 1.82) is 0 Å². The fourth-order valence-corrected chi connectivity index (χ4v) is 4.10. The minimum atomic E-state index is -3.14. The maximum atomic E-state index is 11.8. The molecule has 3 rings (SSSR count). The SMILES string of the molecule is O=S1(=O)CCc2cccc(C3(O)CC3)c21. The predicted molar refractivity (Wildman–Crippen MR) is 55.3 cm³/mol. The van der Waals surface area contributed by atoms with Crippen molar-refractivity contribution in [2.75, 3.05) is 5.75 Å². The number of hydrogen-bond acceptors (Lipinski definition) is 3. The van der Waals surface area contributed by atoms with E-state index in [0.717, 1.165) is 5.56 Å². The van der Waals surface area contributed by atoms with Gasteiger partial charge < -0.3 is 5.11 Å². The van der Waals surface area contributed by atoms with Gasteiger partial charge in [0.1, 0.15) is 0 Å². The third-order valence-electron chi connectivity index (χ3n) is 3.27. The molecule has 4 heteroatoms. The molecule has 1 aromatic carbocycles. The third-order valence-corrected chi connectivity index (χ3v) is 5.12. The van der Waals surface area contributed by atoms with E-state index in [1.807, 2.05) is 12.1 Å². The van der Waals surface area contributed by atoms with Gasteiger partial charge in [-0.1, -0.05) is 18.2 Å². The molecule has 1 fully saturated rings. The van der Waals surface area contributed by atoms with Gasteiger partial charge in [0.15, 0.2) is 9.84 Å². The number of hydrogen-bond donors (Lipinski definition) is 1. The van der Waals surface area contributed by atoms with Crippen LogP contribution in [0.3, 0.4) is 0 Å². The van der Waals surface area contributed by atoms with Crippen molar-refractivity contribution >= 4 is 9.84 Å². The van der Waals surface area contributed by atoms with E-state index in [0.29, 0.717) is 29.7 Å². The smallest absolute Gasteiger partial charge is 0.179 e. The fourth-order valence-electron chi connectivity index (χ4n) is 2.25. The molecule has 1 N–H and O–H groups in total. The van der Waals surface area contributed by atoms with E-state index in [2.05, 4.69) is 0 Å². The van der Waals surface area contributed by atoms with E-state index in [1.54, 1.807) is 6.07 Å². The molecule has 0 saturated heterocycles. The van der Waals surface area contributed by atoms with Gasteiger partial charge in [0, 0.05) is 5.56 Å². The topological polar surface area (TPSA) is 54.4 Å². The summed E-state index contributed by atoms with van der Waals surface area (Å²) in [6.45, 7) is 0. The first-order chi connectivity index (χ1) is 7.03. The second kappa shape index (κ2) is 2.62. The number of rotatable bonds is 1. The molecule has 0 amide bonds. The molecule has 2 aliphatic rings. The molecule has 3 nitrogen and oxygen atoms in total. The minimum absolute atomic E-state index is 0.190. The van der Waals surface area contributed by atoms with Crippen LogP contribution >= 0.6 is 0 Å². The Hall–Kier alpha value is -0.870. The van der Waals surface area contributed by atoms with Crippen molar-refractivity contribution in [2.45, 2.75) is 29.8 Å². The highest BCUT2D eigenvalue weighted by atomic mass is 32.2. The highest BCUT2D eigenvalue weighted by Crippen LogP contribution is 2.49. The summed E-state index contributed by atoms with van der Waals surface area (Å²) in [7, 11) is -3.14. The van der Waals surface area contributed by atoms with Crippen LogP contribution in [-0.4, -0.2) is 19.3 Å². The minimum Gasteiger partial charge on any atom is -0.385 e. The first-order valence-electron chi connectivity index (χ1n) is 5.10. The molecule has 0 atom stereocenters. The average Bonchev–Trinajstić information content (AvgIpc) is 2.87. The van der Waals surface area contributed by atoms with Crippen LogP contribution in [0.25, 0.3) is 0 Å². The molecule has 0 unspecified atom stereocenters. The summed E-state index contributed by atoms with van der Waals surface area (Å²) in [5.41, 5.74) is 0.633. The summed E-state index contributed by atoms with van der Waals surface area (Å²) >= 11 is 0. The van der Waals surface area contributed by atoms with Crippen LogP contribution in [0.15, 0.2) is 23.1 Å². The van der Waals surface area contributed by atoms with Gasteiger partial charge in [-0.3, -0.25) is 0 Å². The van der Waals surface area contributed by atoms with Crippen LogP contribution in [-0.2, 0) is 21.9 Å². The second-order valence-corrected chi connectivity index (χ2v) is 6.44. The standard InChI is InChI=1S/C11H12O3S/c12-11(5-6-11)9-3-1-2-8-4-7-15(13,14)10(8)9/h1-3,12H,4-7H2. The van der Waals surface area contributed by atoms with E-state index < -0.39 is 15.4 Å². The Labute approximate surface area is 88.7 Å². The zero-order valence-electron chi connectivity index (χ0n) is 8.23. The van der Waals surface area contributed by atoms with Crippen molar-refractivity contribution in [2.24, 2.45) is 0 Å². The molecule has 1 aliphatic heterocycles. The molecule has 1 aliphatic carbocycles. The Balaban J connectivity index is 2.30. The van der Waals surface area contributed by atoms with Crippen LogP contribution in [0.2, 0.25) is 0 Å². The van der Waals surface area contributed by atoms with E-state index in [1.165, 1.54) is 0 Å². The van der Waals surface area contributed by atoms with E-state index in [4.69, 9.17) is 0 Å². The summed E-state index contributed by atoms with van der Waals surface area (Å²) < 4.78 is 23.7. The van der Waals surface area contributed by atoms with E-state index in [-0.39, 0.29) is 5.75 Å². The van der Waals surface area contributed by atoms with E-state index in [9.17, 15) is 13.5 Å². The van der Waals surface area contributed by atoms with Crippen LogP contribution < -0.4 is 0 Å². The van der Waals surface area contributed by atoms with Gasteiger partial charge >= 0.3 is 0 Å². The number of benzene rings is 1. The molecule has 0 radical (unpaired) electrons. The lowest BCUT2D eigenvalue weighted by Gasteiger charge is -2.12. The van der Waals surface area contributed by atoms with Crippen LogP contribution in [0, 0.1) is 0 Å². The lowest BCUT2D eigenvalue weighted by atomic mass is 10.0. The third kappa shape index (κ3) is 1.25. The maximum absolute atomic E-state index is 11.8. The zero-order valence-corrected chi connectivity index (χ0v) is 9.05. The monoisotopic (exact) mass is 224 g/mol. The Bertz CT molecular complexity index is 527. The van der Waals surface area contributed by atoms with E-state index >= 15 is 0 Å². The van der Waals surface area contributed by atoms with Gasteiger partial charge in [-0.25, -0.2) is 8.42 Å². The lowest BCUT2D eigenvalue weighted by Crippen LogP contribution is -2.11. The van der Waals surface area contributed by atoms with Crippen molar-refractivity contribution in [3.05, 3.63) is 29.3 Å². The zero-order chi connectivity index (χ0) is 10.7. The molecule has 15 heavy (non-hydrogen) atoms. The van der Waals surface area contributed by atoms with Crippen LogP contribution in [0.5, 0.6) is 0 Å². The summed E-state index contributed by atoms with van der Waals surface area (Å²) in [4.78, 5) is 0.407. The summed E-state index contributed by atoms with van der Waals surface area (Å²) in [5, 5.41) is 10.0. The first kappa shape index (κ1) is 9.36. The molecule has 1 aromatic rings. The summed E-state index contributed by atoms with van der Waals surface area (Å²) in [5.74, 6) is 0.190. The molecule has 0 spiro atoms. The first-order valence-corrected chi connectivity index (χ1v) is 6.76. The molecule has 1 saturated carbocycles. The summed E-state index contributed by atoms with van der Waals surface area (Å²) in [6.07, 6.45) is 1.94. The highest BCUT2D eigenvalue weighted by Gasteiger charge is 2.46. The Morgan fingerprint density at radius 2 is 2.00 bits per heavy atom. The summed E-state index contributed by atoms with van der Waals surface area (Å²) in [6, 6.07) is 5.43. The largest absolute Gasteiger partial charge is 0.385 e. The Kier molecular flexibility index (Phi) is 1.64. The molecular formula is C11H12O3S. The van der Waals surface area contributed by atoms with Crippen molar-refractivity contribution in [3.63, 3.8) is 0 Å². The van der Waals surface area contributed by atoms with Gasteiger partial charge in [0.05, 0.1) is 16.2 Å². The Morgan fingerprint density at radius 3 is 2.67 bits per heavy atom. The molecule has 80 valence electrons. The van der Waals surface area contributed by atoms with Crippen LogP contribution in [0.4, 0.5) is 0 Å². The van der Waals surface area contributed by atoms with Crippen molar-refractivity contribution < 1.29 is 13.5 Å². The van der Waals surface area contributed by atoms with Crippen LogP contribution in [0.1, 0.15) is 24.0 Å². The fraction of sp³-hybridized carbons (Fsp3) is 0.455. The van der Waals surface area contributed by atoms with Gasteiger partial charge in [0.2, 0.25) is 0 Å². The van der Waals surface area contributed by atoms with Crippen molar-refractivity contribution in [3.8, 4) is 0 Å².